The number of nitrogens with zero attached hydrogens (tertiary/aromatic N) is 1. The Labute approximate surface area is 115 Å². The second-order valence-electron chi connectivity index (χ2n) is 6.79. The molecule has 4 nitrogen and oxygen atoms in total. The van der Waals surface area contributed by atoms with Crippen molar-refractivity contribution >= 4 is 5.97 Å². The molecular weight excluding hydrogens is 240 g/mol. The number of piperidine rings is 1. The zero-order chi connectivity index (χ0) is 13.2. The van der Waals surface area contributed by atoms with Crippen molar-refractivity contribution in [2.24, 2.45) is 11.8 Å². The molecular formula is C15H26N2O2. The van der Waals surface area contributed by atoms with Crippen LogP contribution < -0.4 is 5.32 Å². The van der Waals surface area contributed by atoms with E-state index in [2.05, 4.69) is 10.2 Å². The normalized spacial score (nSPS) is 33.1. The van der Waals surface area contributed by atoms with Gasteiger partial charge in [0.25, 0.3) is 0 Å². The van der Waals surface area contributed by atoms with Gasteiger partial charge in [0.2, 0.25) is 0 Å². The summed E-state index contributed by atoms with van der Waals surface area (Å²) in [6.07, 6.45) is 8.17. The zero-order valence-corrected chi connectivity index (χ0v) is 11.7. The lowest BCUT2D eigenvalue weighted by Crippen LogP contribution is -2.51. The second kappa shape index (κ2) is 5.80. The second-order valence-corrected chi connectivity index (χ2v) is 6.79. The van der Waals surface area contributed by atoms with Crippen molar-refractivity contribution in [1.82, 2.24) is 10.2 Å². The number of carboxylic acids is 1. The van der Waals surface area contributed by atoms with Gasteiger partial charge in [-0.3, -0.25) is 9.69 Å². The third-order valence-electron chi connectivity index (χ3n) is 5.01. The number of rotatable bonds is 6. The molecule has 0 spiro atoms. The monoisotopic (exact) mass is 266 g/mol. The van der Waals surface area contributed by atoms with E-state index in [1.54, 1.807) is 0 Å². The Bertz CT molecular complexity index is 326. The van der Waals surface area contributed by atoms with Crippen molar-refractivity contribution in [1.29, 1.82) is 0 Å². The van der Waals surface area contributed by atoms with E-state index < -0.39 is 5.97 Å². The van der Waals surface area contributed by atoms with Crippen LogP contribution in [0.3, 0.4) is 0 Å². The van der Waals surface area contributed by atoms with Crippen LogP contribution in [0.1, 0.15) is 44.9 Å². The molecule has 2 atom stereocenters. The number of aliphatic carboxylic acids is 1. The first-order chi connectivity index (χ1) is 9.20. The SMILES string of the molecule is O=C(O)CC1CC(NCC2CCC2)CN(C2CC2)C1. The van der Waals surface area contributed by atoms with Crippen LogP contribution in [0.2, 0.25) is 0 Å². The highest BCUT2D eigenvalue weighted by molar-refractivity contribution is 5.67. The highest BCUT2D eigenvalue weighted by atomic mass is 16.4. The van der Waals surface area contributed by atoms with E-state index in [0.29, 0.717) is 18.4 Å². The summed E-state index contributed by atoms with van der Waals surface area (Å²) in [4.78, 5) is 13.5. The summed E-state index contributed by atoms with van der Waals surface area (Å²) >= 11 is 0. The summed E-state index contributed by atoms with van der Waals surface area (Å²) in [5.41, 5.74) is 0. The van der Waals surface area contributed by atoms with Gasteiger partial charge in [-0.05, 0) is 50.5 Å². The molecule has 2 N–H and O–H groups in total. The van der Waals surface area contributed by atoms with Crippen molar-refractivity contribution in [3.8, 4) is 0 Å². The molecule has 2 aliphatic carbocycles. The van der Waals surface area contributed by atoms with Gasteiger partial charge in [0.15, 0.2) is 0 Å². The maximum atomic E-state index is 10.9. The van der Waals surface area contributed by atoms with Gasteiger partial charge in [-0.15, -0.1) is 0 Å². The lowest BCUT2D eigenvalue weighted by Gasteiger charge is -2.39. The Morgan fingerprint density at radius 2 is 1.95 bits per heavy atom. The molecule has 0 bridgehead atoms. The maximum Gasteiger partial charge on any atom is 0.303 e. The Morgan fingerprint density at radius 3 is 2.53 bits per heavy atom. The molecule has 1 aliphatic heterocycles. The van der Waals surface area contributed by atoms with Crippen molar-refractivity contribution in [2.45, 2.75) is 57.0 Å². The molecule has 3 aliphatic rings. The van der Waals surface area contributed by atoms with Crippen LogP contribution in [0.5, 0.6) is 0 Å². The highest BCUT2D eigenvalue weighted by Crippen LogP contribution is 2.32. The van der Waals surface area contributed by atoms with Crippen LogP contribution in [0.4, 0.5) is 0 Å². The number of hydrogen-bond donors (Lipinski definition) is 2. The predicted octanol–water partition coefficient (Wildman–Crippen LogP) is 1.70. The van der Waals surface area contributed by atoms with E-state index in [9.17, 15) is 4.79 Å². The van der Waals surface area contributed by atoms with E-state index in [4.69, 9.17) is 5.11 Å². The molecule has 0 aromatic rings. The quantitative estimate of drug-likeness (QED) is 0.768. The molecule has 0 aromatic heterocycles. The fraction of sp³-hybridized carbons (Fsp3) is 0.933. The third-order valence-corrected chi connectivity index (χ3v) is 5.01. The maximum absolute atomic E-state index is 10.9. The first-order valence-corrected chi connectivity index (χ1v) is 7.90. The van der Waals surface area contributed by atoms with Crippen LogP contribution >= 0.6 is 0 Å². The first-order valence-electron chi connectivity index (χ1n) is 7.90. The summed E-state index contributed by atoms with van der Waals surface area (Å²) < 4.78 is 0. The fourth-order valence-corrected chi connectivity index (χ4v) is 3.55. The highest BCUT2D eigenvalue weighted by Gasteiger charge is 2.36. The summed E-state index contributed by atoms with van der Waals surface area (Å²) in [5.74, 6) is 0.584. The Hall–Kier alpha value is -0.610. The Kier molecular flexibility index (Phi) is 4.08. The van der Waals surface area contributed by atoms with Gasteiger partial charge >= 0.3 is 5.97 Å². The van der Waals surface area contributed by atoms with Crippen LogP contribution in [0.25, 0.3) is 0 Å². The minimum absolute atomic E-state index is 0.338. The minimum atomic E-state index is -0.639. The van der Waals surface area contributed by atoms with E-state index in [1.165, 1.54) is 32.1 Å². The predicted molar refractivity (Wildman–Crippen MR) is 74.1 cm³/mol. The molecule has 1 saturated heterocycles. The molecule has 0 aromatic carbocycles. The number of carboxylic acid groups (broad SMARTS) is 1. The molecule has 3 fully saturated rings. The van der Waals surface area contributed by atoms with Crippen molar-refractivity contribution in [3.05, 3.63) is 0 Å². The van der Waals surface area contributed by atoms with Gasteiger partial charge in [-0.2, -0.15) is 0 Å². The zero-order valence-electron chi connectivity index (χ0n) is 11.7. The number of nitrogens with one attached hydrogen (secondary N) is 1. The van der Waals surface area contributed by atoms with Crippen LogP contribution in [0, 0.1) is 11.8 Å². The fourth-order valence-electron chi connectivity index (χ4n) is 3.55. The van der Waals surface area contributed by atoms with Gasteiger partial charge < -0.3 is 10.4 Å². The lowest BCUT2D eigenvalue weighted by molar-refractivity contribution is -0.138. The molecule has 3 rings (SSSR count). The van der Waals surface area contributed by atoms with Gasteiger partial charge in [-0.25, -0.2) is 0 Å². The van der Waals surface area contributed by atoms with Crippen molar-refractivity contribution in [3.63, 3.8) is 0 Å². The Morgan fingerprint density at radius 1 is 1.16 bits per heavy atom. The Balaban J connectivity index is 1.50. The molecule has 2 unspecified atom stereocenters. The molecule has 108 valence electrons. The molecule has 0 radical (unpaired) electrons. The van der Waals surface area contributed by atoms with Gasteiger partial charge in [0.05, 0.1) is 0 Å². The summed E-state index contributed by atoms with van der Waals surface area (Å²) in [5, 5.41) is 12.7. The van der Waals surface area contributed by atoms with Gasteiger partial charge in [0, 0.05) is 31.6 Å². The van der Waals surface area contributed by atoms with Crippen molar-refractivity contribution in [2.75, 3.05) is 19.6 Å². The van der Waals surface area contributed by atoms with Gasteiger partial charge in [0.1, 0.15) is 0 Å². The lowest BCUT2D eigenvalue weighted by atomic mass is 9.84. The van der Waals surface area contributed by atoms with Crippen molar-refractivity contribution < 1.29 is 9.90 Å². The van der Waals surface area contributed by atoms with Crippen LogP contribution in [-0.2, 0) is 4.79 Å². The summed E-state index contributed by atoms with van der Waals surface area (Å²) in [6, 6.07) is 1.27. The van der Waals surface area contributed by atoms with E-state index in [0.717, 1.165) is 38.0 Å². The average molecular weight is 266 g/mol. The number of likely N-dealkylation sites (tertiary alicyclic amines) is 1. The molecule has 1 heterocycles. The average Bonchev–Trinajstić information content (AvgIpc) is 3.09. The topological polar surface area (TPSA) is 52.6 Å². The third kappa shape index (κ3) is 3.69. The number of carbonyl (C=O) groups is 1. The molecule has 19 heavy (non-hydrogen) atoms. The van der Waals surface area contributed by atoms with E-state index >= 15 is 0 Å². The van der Waals surface area contributed by atoms with E-state index in [-0.39, 0.29) is 0 Å². The molecule has 0 amide bonds. The smallest absolute Gasteiger partial charge is 0.303 e. The van der Waals surface area contributed by atoms with E-state index in [1.807, 2.05) is 0 Å². The van der Waals surface area contributed by atoms with Crippen LogP contribution in [-0.4, -0.2) is 47.7 Å². The first kappa shape index (κ1) is 13.4. The summed E-state index contributed by atoms with van der Waals surface area (Å²) in [7, 11) is 0. The van der Waals surface area contributed by atoms with Crippen LogP contribution in [0.15, 0.2) is 0 Å². The van der Waals surface area contributed by atoms with Gasteiger partial charge in [-0.1, -0.05) is 6.42 Å². The molecule has 4 heteroatoms. The molecule has 2 saturated carbocycles. The standard InChI is InChI=1S/C15H26N2O2/c18-15(19)7-12-6-13(16-8-11-2-1-3-11)10-17(9-12)14-4-5-14/h11-14,16H,1-10H2,(H,18,19). The summed E-state index contributed by atoms with van der Waals surface area (Å²) in [6.45, 7) is 3.27. The largest absolute Gasteiger partial charge is 0.481 e. The number of hydrogen-bond acceptors (Lipinski definition) is 3. The minimum Gasteiger partial charge on any atom is -0.481 e.